The first-order chi connectivity index (χ1) is 11.4. The van der Waals surface area contributed by atoms with E-state index in [1.54, 1.807) is 0 Å². The highest BCUT2D eigenvalue weighted by atomic mass is 79.9. The number of alkyl halides is 1. The molecule has 1 N–H and O–H groups in total. The van der Waals surface area contributed by atoms with Crippen molar-refractivity contribution >= 4 is 27.5 Å². The van der Waals surface area contributed by atoms with Crippen LogP contribution in [0.15, 0.2) is 11.6 Å². The molecule has 4 aliphatic rings. The van der Waals surface area contributed by atoms with E-state index in [4.69, 9.17) is 0 Å². The van der Waals surface area contributed by atoms with Crippen LogP contribution in [0.1, 0.15) is 58.3 Å². The number of ketones is 2. The fraction of sp³-hybridized carbons (Fsp3) is 0.800. The van der Waals surface area contributed by atoms with Gasteiger partial charge < -0.3 is 5.11 Å². The van der Waals surface area contributed by atoms with Crippen LogP contribution in [0.4, 0.5) is 0 Å². The number of hydrogen-bond donors (Lipinski definition) is 1. The summed E-state index contributed by atoms with van der Waals surface area (Å²) in [5.41, 5.74) is 0.820. The number of fused-ring (bicyclic) bond motifs is 5. The van der Waals surface area contributed by atoms with Crippen LogP contribution in [0.25, 0.3) is 0 Å². The zero-order valence-electron chi connectivity index (χ0n) is 14.4. The third-order valence-electron chi connectivity index (χ3n) is 8.01. The van der Waals surface area contributed by atoms with Crippen molar-refractivity contribution in [3.05, 3.63) is 11.6 Å². The number of Topliss-reactive ketones (excluding diaryl/α,β-unsaturated/α-hetero) is 1. The molecule has 6 atom stereocenters. The van der Waals surface area contributed by atoms with Gasteiger partial charge in [0.1, 0.15) is 5.78 Å². The molecule has 0 amide bonds. The quantitative estimate of drug-likeness (QED) is 0.724. The molecule has 0 bridgehead atoms. The van der Waals surface area contributed by atoms with Gasteiger partial charge in [0, 0.05) is 29.0 Å². The topological polar surface area (TPSA) is 54.4 Å². The number of carbonyl (C=O) groups is 2. The SMILES string of the molecule is CC12CCC3C(CCC4=CC(=O)CCC43C(O)CBr)C1CCC2=O. The Hall–Kier alpha value is -0.480. The molecule has 3 nitrogen and oxygen atoms in total. The molecule has 0 aromatic rings. The van der Waals surface area contributed by atoms with E-state index in [0.29, 0.717) is 35.3 Å². The van der Waals surface area contributed by atoms with Gasteiger partial charge in [-0.25, -0.2) is 0 Å². The number of carbonyl (C=O) groups excluding carboxylic acids is 2. The third-order valence-corrected chi connectivity index (χ3v) is 8.63. The summed E-state index contributed by atoms with van der Waals surface area (Å²) in [5.74, 6) is 2.09. The van der Waals surface area contributed by atoms with Crippen molar-refractivity contribution in [3.8, 4) is 0 Å². The average molecular weight is 395 g/mol. The maximum Gasteiger partial charge on any atom is 0.155 e. The van der Waals surface area contributed by atoms with E-state index in [9.17, 15) is 14.7 Å². The van der Waals surface area contributed by atoms with Crippen molar-refractivity contribution in [2.75, 3.05) is 5.33 Å². The van der Waals surface area contributed by atoms with Gasteiger partial charge >= 0.3 is 0 Å². The Labute approximate surface area is 152 Å². The fourth-order valence-electron chi connectivity index (χ4n) is 6.81. The number of aliphatic hydroxyl groups is 1. The molecule has 4 rings (SSSR count). The molecule has 0 saturated heterocycles. The number of aliphatic hydroxyl groups excluding tert-OH is 1. The smallest absolute Gasteiger partial charge is 0.155 e. The van der Waals surface area contributed by atoms with Crippen LogP contribution < -0.4 is 0 Å². The van der Waals surface area contributed by atoms with Gasteiger partial charge in [0.2, 0.25) is 0 Å². The minimum Gasteiger partial charge on any atom is -0.391 e. The normalized spacial score (nSPS) is 46.0. The lowest BCUT2D eigenvalue weighted by Gasteiger charge is -2.59. The van der Waals surface area contributed by atoms with E-state index < -0.39 is 6.10 Å². The molecule has 0 aromatic heterocycles. The van der Waals surface area contributed by atoms with Crippen LogP contribution >= 0.6 is 15.9 Å². The molecule has 0 radical (unpaired) electrons. The maximum atomic E-state index is 12.5. The maximum absolute atomic E-state index is 12.5. The van der Waals surface area contributed by atoms with Gasteiger partial charge in [-0.05, 0) is 62.4 Å². The number of halogens is 1. The zero-order chi connectivity index (χ0) is 17.1. The molecule has 6 unspecified atom stereocenters. The minimum absolute atomic E-state index is 0.132. The lowest BCUT2D eigenvalue weighted by atomic mass is 9.46. The van der Waals surface area contributed by atoms with E-state index in [0.717, 1.165) is 44.9 Å². The van der Waals surface area contributed by atoms with Crippen molar-refractivity contribution in [2.24, 2.45) is 28.6 Å². The summed E-state index contributed by atoms with van der Waals surface area (Å²) in [7, 11) is 0. The Morgan fingerprint density at radius 1 is 1.17 bits per heavy atom. The van der Waals surface area contributed by atoms with Gasteiger partial charge in [0.05, 0.1) is 6.10 Å². The Balaban J connectivity index is 1.76. The molecule has 4 aliphatic carbocycles. The molecular formula is C20H27BrO3. The molecule has 132 valence electrons. The van der Waals surface area contributed by atoms with Crippen molar-refractivity contribution in [1.82, 2.24) is 0 Å². The summed E-state index contributed by atoms with van der Waals surface area (Å²) in [5, 5.41) is 11.5. The highest BCUT2D eigenvalue weighted by Crippen LogP contribution is 2.65. The predicted octanol–water partition coefficient (Wildman–Crippen LogP) is 3.82. The van der Waals surface area contributed by atoms with Gasteiger partial charge in [-0.15, -0.1) is 0 Å². The van der Waals surface area contributed by atoms with Crippen LogP contribution in [0.3, 0.4) is 0 Å². The molecule has 3 saturated carbocycles. The summed E-state index contributed by atoms with van der Waals surface area (Å²) >= 11 is 3.50. The summed E-state index contributed by atoms with van der Waals surface area (Å²) < 4.78 is 0. The van der Waals surface area contributed by atoms with Crippen LogP contribution in [-0.4, -0.2) is 28.1 Å². The molecule has 0 aliphatic heterocycles. The van der Waals surface area contributed by atoms with Crippen molar-refractivity contribution in [1.29, 1.82) is 0 Å². The highest BCUT2D eigenvalue weighted by molar-refractivity contribution is 9.09. The van der Waals surface area contributed by atoms with Gasteiger partial charge in [-0.2, -0.15) is 0 Å². The molecular weight excluding hydrogens is 368 g/mol. The Morgan fingerprint density at radius 3 is 2.71 bits per heavy atom. The first kappa shape index (κ1) is 17.0. The van der Waals surface area contributed by atoms with Crippen molar-refractivity contribution in [3.63, 3.8) is 0 Å². The molecule has 4 heteroatoms. The highest BCUT2D eigenvalue weighted by Gasteiger charge is 2.61. The van der Waals surface area contributed by atoms with E-state index in [2.05, 4.69) is 22.9 Å². The third kappa shape index (κ3) is 2.11. The Morgan fingerprint density at radius 2 is 1.96 bits per heavy atom. The number of hydrogen-bond acceptors (Lipinski definition) is 3. The van der Waals surface area contributed by atoms with Crippen molar-refractivity contribution < 1.29 is 14.7 Å². The van der Waals surface area contributed by atoms with E-state index in [1.807, 2.05) is 6.08 Å². The lowest BCUT2D eigenvalue weighted by Crippen LogP contribution is -2.56. The standard InChI is InChI=1S/C20H27BrO3/c1-19-8-7-16-14(15(19)4-5-17(19)23)3-2-12-10-13(22)6-9-20(12,16)18(24)11-21/h10,14-16,18,24H,2-9,11H2,1H3. The molecule has 3 fully saturated rings. The van der Waals surface area contributed by atoms with Gasteiger partial charge in [0.25, 0.3) is 0 Å². The second-order valence-electron chi connectivity index (χ2n) is 8.68. The van der Waals surface area contributed by atoms with Gasteiger partial charge in [-0.3, -0.25) is 9.59 Å². The second-order valence-corrected chi connectivity index (χ2v) is 9.33. The second kappa shape index (κ2) is 5.77. The minimum atomic E-state index is -0.439. The first-order valence-corrected chi connectivity index (χ1v) is 10.6. The van der Waals surface area contributed by atoms with Crippen molar-refractivity contribution in [2.45, 2.75) is 64.4 Å². The summed E-state index contributed by atoms with van der Waals surface area (Å²) in [4.78, 5) is 24.5. The van der Waals surface area contributed by atoms with Gasteiger partial charge in [-0.1, -0.05) is 28.4 Å². The summed E-state index contributed by atoms with van der Waals surface area (Å²) in [6.45, 7) is 2.19. The Kier molecular flexibility index (Phi) is 4.08. The van der Waals surface area contributed by atoms with Crippen LogP contribution in [0, 0.1) is 28.6 Å². The number of rotatable bonds is 2. The predicted molar refractivity (Wildman–Crippen MR) is 95.8 cm³/mol. The summed E-state index contributed by atoms with van der Waals surface area (Å²) in [6, 6.07) is 0. The van der Waals surface area contributed by atoms with Gasteiger partial charge in [0.15, 0.2) is 5.78 Å². The monoisotopic (exact) mass is 394 g/mol. The molecule has 0 spiro atoms. The largest absolute Gasteiger partial charge is 0.391 e. The molecule has 24 heavy (non-hydrogen) atoms. The first-order valence-electron chi connectivity index (χ1n) is 9.44. The Bertz CT molecular complexity index is 612. The van der Waals surface area contributed by atoms with E-state index in [1.165, 1.54) is 5.57 Å². The van der Waals surface area contributed by atoms with Crippen LogP contribution in [0.5, 0.6) is 0 Å². The fourth-order valence-corrected chi connectivity index (χ4v) is 7.39. The van der Waals surface area contributed by atoms with Crippen LogP contribution in [-0.2, 0) is 9.59 Å². The summed E-state index contributed by atoms with van der Waals surface area (Å²) in [6.07, 6.45) is 8.46. The van der Waals surface area contributed by atoms with Crippen LogP contribution in [0.2, 0.25) is 0 Å². The van der Waals surface area contributed by atoms with E-state index in [-0.39, 0.29) is 16.6 Å². The molecule has 0 aromatic carbocycles. The zero-order valence-corrected chi connectivity index (χ0v) is 16.0. The average Bonchev–Trinajstić information content (AvgIpc) is 2.89. The van der Waals surface area contributed by atoms with E-state index >= 15 is 0 Å². The lowest BCUT2D eigenvalue weighted by molar-refractivity contribution is -0.136. The molecule has 0 heterocycles.